The van der Waals surface area contributed by atoms with Crippen molar-refractivity contribution in [2.24, 2.45) is 0 Å². The largest absolute Gasteiger partial charge is 0.354 e. The Balaban J connectivity index is 2.04. The third kappa shape index (κ3) is 3.04. The maximum atomic E-state index is 13.7. The lowest BCUT2D eigenvalue weighted by atomic mass is 10.1. The fourth-order valence-corrected chi connectivity index (χ4v) is 2.35. The molecule has 1 amide bonds. The van der Waals surface area contributed by atoms with Crippen LogP contribution in [-0.4, -0.2) is 18.5 Å². The highest BCUT2D eigenvalue weighted by Crippen LogP contribution is 2.21. The fourth-order valence-electron chi connectivity index (χ4n) is 2.02. The monoisotopic (exact) mass is 300 g/mol. The van der Waals surface area contributed by atoms with Gasteiger partial charge in [-0.25, -0.2) is 4.39 Å². The molecule has 2 unspecified atom stereocenters. The Bertz CT molecular complexity index is 439. The van der Waals surface area contributed by atoms with Gasteiger partial charge in [-0.05, 0) is 19.1 Å². The average molecular weight is 301 g/mol. The van der Waals surface area contributed by atoms with E-state index in [0.29, 0.717) is 18.5 Å². The van der Waals surface area contributed by atoms with E-state index in [4.69, 9.17) is 0 Å². The zero-order chi connectivity index (χ0) is 12.4. The van der Waals surface area contributed by atoms with Gasteiger partial charge in [-0.1, -0.05) is 22.0 Å². The number of hydrogen-bond donors (Lipinski definition) is 2. The van der Waals surface area contributed by atoms with E-state index in [1.165, 1.54) is 6.07 Å². The van der Waals surface area contributed by atoms with Crippen LogP contribution < -0.4 is 10.6 Å². The van der Waals surface area contributed by atoms with E-state index in [-0.39, 0.29) is 23.8 Å². The first-order valence-electron chi connectivity index (χ1n) is 5.54. The van der Waals surface area contributed by atoms with Crippen molar-refractivity contribution in [2.45, 2.75) is 25.4 Å². The van der Waals surface area contributed by atoms with Crippen LogP contribution in [0, 0.1) is 5.82 Å². The van der Waals surface area contributed by atoms with E-state index >= 15 is 0 Å². The smallest absolute Gasteiger partial charge is 0.221 e. The molecule has 3 nitrogen and oxygen atoms in total. The van der Waals surface area contributed by atoms with Gasteiger partial charge in [-0.3, -0.25) is 4.79 Å². The topological polar surface area (TPSA) is 41.1 Å². The summed E-state index contributed by atoms with van der Waals surface area (Å²) in [6.45, 7) is 2.51. The zero-order valence-corrected chi connectivity index (χ0v) is 11.1. The third-order valence-electron chi connectivity index (χ3n) is 2.89. The van der Waals surface area contributed by atoms with Crippen molar-refractivity contribution in [1.82, 2.24) is 10.6 Å². The van der Waals surface area contributed by atoms with Crippen LogP contribution in [0.15, 0.2) is 22.7 Å². The molecule has 0 aliphatic carbocycles. The Kier molecular flexibility index (Phi) is 3.79. The van der Waals surface area contributed by atoms with Crippen molar-refractivity contribution in [3.63, 3.8) is 0 Å². The van der Waals surface area contributed by atoms with Crippen molar-refractivity contribution in [1.29, 1.82) is 0 Å². The molecule has 2 N–H and O–H groups in total. The predicted octanol–water partition coefficient (Wildman–Crippen LogP) is 2.13. The lowest BCUT2D eigenvalue weighted by Gasteiger charge is -2.19. The second-order valence-electron chi connectivity index (χ2n) is 4.26. The maximum absolute atomic E-state index is 13.7. The molecule has 0 bridgehead atoms. The lowest BCUT2D eigenvalue weighted by Crippen LogP contribution is -2.33. The Morgan fingerprint density at radius 3 is 2.94 bits per heavy atom. The molecule has 1 heterocycles. The van der Waals surface area contributed by atoms with Crippen molar-refractivity contribution < 1.29 is 9.18 Å². The normalized spacial score (nSPS) is 21.4. The molecular weight excluding hydrogens is 287 g/mol. The van der Waals surface area contributed by atoms with Crippen LogP contribution in [0.3, 0.4) is 0 Å². The van der Waals surface area contributed by atoms with Gasteiger partial charge in [0.2, 0.25) is 5.91 Å². The number of benzene rings is 1. The quantitative estimate of drug-likeness (QED) is 0.898. The van der Waals surface area contributed by atoms with E-state index < -0.39 is 0 Å². The SMILES string of the molecule is CC(NC1CNC(=O)C1)c1ccc(Br)cc1F. The average Bonchev–Trinajstić information content (AvgIpc) is 2.63. The molecule has 5 heteroatoms. The first-order valence-corrected chi connectivity index (χ1v) is 6.33. The molecule has 0 saturated carbocycles. The Morgan fingerprint density at radius 1 is 1.59 bits per heavy atom. The molecule has 0 aromatic heterocycles. The lowest BCUT2D eigenvalue weighted by molar-refractivity contribution is -0.119. The molecule has 0 spiro atoms. The minimum atomic E-state index is -0.239. The van der Waals surface area contributed by atoms with Crippen LogP contribution in [0.25, 0.3) is 0 Å². The summed E-state index contributed by atoms with van der Waals surface area (Å²) < 4.78 is 14.4. The second kappa shape index (κ2) is 5.14. The van der Waals surface area contributed by atoms with Crippen LogP contribution in [0.2, 0.25) is 0 Å². The zero-order valence-electron chi connectivity index (χ0n) is 9.47. The van der Waals surface area contributed by atoms with Crippen LogP contribution in [0.5, 0.6) is 0 Å². The number of nitrogens with one attached hydrogen (secondary N) is 2. The molecule has 1 aromatic rings. The molecule has 1 aliphatic heterocycles. The summed E-state index contributed by atoms with van der Waals surface area (Å²) in [6.07, 6.45) is 0.461. The number of hydrogen-bond acceptors (Lipinski definition) is 2. The fraction of sp³-hybridized carbons (Fsp3) is 0.417. The summed E-state index contributed by atoms with van der Waals surface area (Å²) in [5, 5.41) is 5.99. The van der Waals surface area contributed by atoms with Gasteiger partial charge in [0, 0.05) is 35.1 Å². The van der Waals surface area contributed by atoms with E-state index in [1.807, 2.05) is 13.0 Å². The van der Waals surface area contributed by atoms with Crippen LogP contribution >= 0.6 is 15.9 Å². The molecule has 17 heavy (non-hydrogen) atoms. The second-order valence-corrected chi connectivity index (χ2v) is 5.17. The van der Waals surface area contributed by atoms with E-state index in [2.05, 4.69) is 26.6 Å². The highest BCUT2D eigenvalue weighted by Gasteiger charge is 2.23. The van der Waals surface area contributed by atoms with Gasteiger partial charge in [-0.2, -0.15) is 0 Å². The number of amides is 1. The Labute approximate surface area is 108 Å². The molecule has 1 aromatic carbocycles. The molecule has 1 saturated heterocycles. The van der Waals surface area contributed by atoms with Gasteiger partial charge in [0.25, 0.3) is 0 Å². The summed E-state index contributed by atoms with van der Waals surface area (Å²) in [7, 11) is 0. The summed E-state index contributed by atoms with van der Waals surface area (Å²) in [4.78, 5) is 11.1. The van der Waals surface area contributed by atoms with E-state index in [9.17, 15) is 9.18 Å². The molecule has 92 valence electrons. The summed E-state index contributed by atoms with van der Waals surface area (Å²) in [5.74, 6) is -0.192. The van der Waals surface area contributed by atoms with E-state index in [0.717, 1.165) is 4.47 Å². The minimum Gasteiger partial charge on any atom is -0.354 e. The summed E-state index contributed by atoms with van der Waals surface area (Å²) >= 11 is 3.23. The number of carbonyl (C=O) groups excluding carboxylic acids is 1. The maximum Gasteiger partial charge on any atom is 0.221 e. The molecule has 2 atom stereocenters. The van der Waals surface area contributed by atoms with Gasteiger partial charge in [0.05, 0.1) is 0 Å². The third-order valence-corrected chi connectivity index (χ3v) is 3.39. The Morgan fingerprint density at radius 2 is 2.35 bits per heavy atom. The molecular formula is C12H14BrFN2O. The molecule has 2 rings (SSSR count). The van der Waals surface area contributed by atoms with Crippen molar-refractivity contribution in [3.8, 4) is 0 Å². The summed E-state index contributed by atoms with van der Waals surface area (Å²) in [6, 6.07) is 4.99. The van der Waals surface area contributed by atoms with Crippen molar-refractivity contribution >= 4 is 21.8 Å². The highest BCUT2D eigenvalue weighted by atomic mass is 79.9. The van der Waals surface area contributed by atoms with Crippen LogP contribution in [-0.2, 0) is 4.79 Å². The van der Waals surface area contributed by atoms with Gasteiger partial charge < -0.3 is 10.6 Å². The van der Waals surface area contributed by atoms with Gasteiger partial charge in [0.1, 0.15) is 5.82 Å². The molecule has 1 fully saturated rings. The van der Waals surface area contributed by atoms with Gasteiger partial charge in [-0.15, -0.1) is 0 Å². The van der Waals surface area contributed by atoms with Gasteiger partial charge in [0.15, 0.2) is 0 Å². The van der Waals surface area contributed by atoms with Gasteiger partial charge >= 0.3 is 0 Å². The van der Waals surface area contributed by atoms with Crippen LogP contribution in [0.4, 0.5) is 4.39 Å². The Hall–Kier alpha value is -0.940. The number of rotatable bonds is 3. The number of carbonyl (C=O) groups is 1. The van der Waals surface area contributed by atoms with Crippen molar-refractivity contribution in [2.75, 3.05) is 6.54 Å². The minimum absolute atomic E-state index is 0.0472. The number of halogens is 2. The first kappa shape index (κ1) is 12.5. The first-order chi connectivity index (χ1) is 8.06. The summed E-state index contributed by atoms with van der Waals surface area (Å²) in [5.41, 5.74) is 0.618. The molecule has 1 aliphatic rings. The molecule has 0 radical (unpaired) electrons. The van der Waals surface area contributed by atoms with E-state index in [1.54, 1.807) is 6.07 Å². The predicted molar refractivity (Wildman–Crippen MR) is 67.1 cm³/mol. The standard InChI is InChI=1S/C12H14BrFN2O/c1-7(16-9-5-12(17)15-6-9)10-3-2-8(13)4-11(10)14/h2-4,7,9,16H,5-6H2,1H3,(H,15,17). The van der Waals surface area contributed by atoms with Crippen molar-refractivity contribution in [3.05, 3.63) is 34.1 Å². The van der Waals surface area contributed by atoms with Crippen LogP contribution in [0.1, 0.15) is 24.9 Å². The highest BCUT2D eigenvalue weighted by molar-refractivity contribution is 9.10.